The van der Waals surface area contributed by atoms with E-state index in [1.807, 2.05) is 36.4 Å². The van der Waals surface area contributed by atoms with Crippen LogP contribution < -0.4 is 14.4 Å². The molecule has 1 unspecified atom stereocenters. The average molecular weight is 297 g/mol. The van der Waals surface area contributed by atoms with Crippen molar-refractivity contribution < 1.29 is 14.3 Å². The maximum atomic E-state index is 12.8. The third-order valence-electron chi connectivity index (χ3n) is 4.33. The summed E-state index contributed by atoms with van der Waals surface area (Å²) >= 11 is 0. The molecule has 1 atom stereocenters. The van der Waals surface area contributed by atoms with Crippen molar-refractivity contribution in [1.82, 2.24) is 0 Å². The summed E-state index contributed by atoms with van der Waals surface area (Å²) in [6.45, 7) is 2.11. The molecule has 0 spiro atoms. The highest BCUT2D eigenvalue weighted by molar-refractivity contribution is 6.08. The number of nitrogens with zero attached hydrogens (tertiary/aromatic N) is 1. The van der Waals surface area contributed by atoms with E-state index in [4.69, 9.17) is 9.47 Å². The summed E-state index contributed by atoms with van der Waals surface area (Å²) in [4.78, 5) is 14.5. The van der Waals surface area contributed by atoms with Crippen molar-refractivity contribution >= 4 is 11.6 Å². The van der Waals surface area contributed by atoms with Gasteiger partial charge in [0.15, 0.2) is 0 Å². The number of hydrogen-bond acceptors (Lipinski definition) is 3. The van der Waals surface area contributed by atoms with E-state index in [0.29, 0.717) is 5.56 Å². The SMILES string of the molecule is COc1ccc2c(c1)C(C)c1ccc(OC)cc1N(C)C2=O. The van der Waals surface area contributed by atoms with Gasteiger partial charge < -0.3 is 14.4 Å². The average Bonchev–Trinajstić information content (AvgIpc) is 2.64. The minimum Gasteiger partial charge on any atom is -0.497 e. The van der Waals surface area contributed by atoms with Crippen LogP contribution in [0.3, 0.4) is 0 Å². The summed E-state index contributed by atoms with van der Waals surface area (Å²) in [6.07, 6.45) is 0. The number of carbonyl (C=O) groups is 1. The maximum absolute atomic E-state index is 12.8. The number of benzene rings is 2. The van der Waals surface area contributed by atoms with Crippen molar-refractivity contribution in [3.8, 4) is 11.5 Å². The van der Waals surface area contributed by atoms with Crippen molar-refractivity contribution in [2.45, 2.75) is 12.8 Å². The second kappa shape index (κ2) is 5.37. The van der Waals surface area contributed by atoms with Crippen LogP contribution in [0.2, 0.25) is 0 Å². The number of hydrogen-bond donors (Lipinski definition) is 0. The van der Waals surface area contributed by atoms with Gasteiger partial charge >= 0.3 is 0 Å². The molecule has 2 aromatic carbocycles. The van der Waals surface area contributed by atoms with Crippen molar-refractivity contribution in [2.75, 3.05) is 26.2 Å². The minimum atomic E-state index is -0.0171. The number of rotatable bonds is 2. The lowest BCUT2D eigenvalue weighted by Gasteiger charge is -2.19. The Morgan fingerprint density at radius 1 is 0.955 bits per heavy atom. The lowest BCUT2D eigenvalue weighted by molar-refractivity contribution is 0.0993. The van der Waals surface area contributed by atoms with Crippen molar-refractivity contribution in [1.29, 1.82) is 0 Å². The minimum absolute atomic E-state index is 0.0171. The standard InChI is InChI=1S/C18H19NO3/c1-11-14-7-5-13(22-4)10-17(14)19(2)18(20)15-8-6-12(21-3)9-16(11)15/h5-11H,1-4H3. The summed E-state index contributed by atoms with van der Waals surface area (Å²) in [7, 11) is 5.06. The van der Waals surface area contributed by atoms with E-state index in [9.17, 15) is 4.79 Å². The first-order valence-electron chi connectivity index (χ1n) is 7.20. The van der Waals surface area contributed by atoms with E-state index < -0.39 is 0 Å². The molecule has 0 aliphatic carbocycles. The number of amides is 1. The van der Waals surface area contributed by atoms with Gasteiger partial charge in [0, 0.05) is 24.6 Å². The van der Waals surface area contributed by atoms with Crippen LogP contribution in [-0.4, -0.2) is 27.2 Å². The topological polar surface area (TPSA) is 38.8 Å². The predicted molar refractivity (Wildman–Crippen MR) is 86.2 cm³/mol. The Kier molecular flexibility index (Phi) is 3.53. The van der Waals surface area contributed by atoms with Gasteiger partial charge in [-0.25, -0.2) is 0 Å². The first kappa shape index (κ1) is 14.4. The summed E-state index contributed by atoms with van der Waals surface area (Å²) < 4.78 is 10.6. The number of fused-ring (bicyclic) bond motifs is 2. The van der Waals surface area contributed by atoms with Gasteiger partial charge in [-0.2, -0.15) is 0 Å². The fourth-order valence-corrected chi connectivity index (χ4v) is 2.99. The summed E-state index contributed by atoms with van der Waals surface area (Å²) in [5.41, 5.74) is 3.68. The summed E-state index contributed by atoms with van der Waals surface area (Å²) in [5, 5.41) is 0. The van der Waals surface area contributed by atoms with Crippen LogP contribution in [0.25, 0.3) is 0 Å². The Bertz CT molecular complexity index is 739. The molecule has 4 nitrogen and oxygen atoms in total. The highest BCUT2D eigenvalue weighted by Gasteiger charge is 2.29. The zero-order valence-electron chi connectivity index (χ0n) is 13.2. The van der Waals surface area contributed by atoms with Gasteiger partial charge in [-0.15, -0.1) is 0 Å². The third-order valence-corrected chi connectivity index (χ3v) is 4.33. The van der Waals surface area contributed by atoms with E-state index >= 15 is 0 Å². The van der Waals surface area contributed by atoms with Crippen molar-refractivity contribution in [2.24, 2.45) is 0 Å². The lowest BCUT2D eigenvalue weighted by atomic mass is 9.89. The zero-order valence-corrected chi connectivity index (χ0v) is 13.2. The third kappa shape index (κ3) is 2.11. The highest BCUT2D eigenvalue weighted by Crippen LogP contribution is 2.40. The second-order valence-corrected chi connectivity index (χ2v) is 5.46. The van der Waals surface area contributed by atoms with Gasteiger partial charge in [-0.05, 0) is 35.4 Å². The fourth-order valence-electron chi connectivity index (χ4n) is 2.99. The van der Waals surface area contributed by atoms with Gasteiger partial charge in [0.25, 0.3) is 5.91 Å². The van der Waals surface area contributed by atoms with Gasteiger partial charge in [0.1, 0.15) is 11.5 Å². The number of anilines is 1. The molecular formula is C18H19NO3. The lowest BCUT2D eigenvalue weighted by Crippen LogP contribution is -2.26. The van der Waals surface area contributed by atoms with Gasteiger partial charge in [0.2, 0.25) is 0 Å². The van der Waals surface area contributed by atoms with E-state index in [0.717, 1.165) is 28.3 Å². The fraction of sp³-hybridized carbons (Fsp3) is 0.278. The van der Waals surface area contributed by atoms with E-state index in [-0.39, 0.29) is 11.8 Å². The molecule has 1 aliphatic heterocycles. The second-order valence-electron chi connectivity index (χ2n) is 5.46. The number of carbonyl (C=O) groups excluding carboxylic acids is 1. The van der Waals surface area contributed by atoms with Crippen LogP contribution in [0, 0.1) is 0 Å². The van der Waals surface area contributed by atoms with Crippen LogP contribution in [0.15, 0.2) is 36.4 Å². The molecule has 1 amide bonds. The monoisotopic (exact) mass is 297 g/mol. The van der Waals surface area contributed by atoms with Crippen molar-refractivity contribution in [3.05, 3.63) is 53.1 Å². The first-order valence-corrected chi connectivity index (χ1v) is 7.20. The molecule has 0 bridgehead atoms. The number of methoxy groups -OCH3 is 2. The van der Waals surface area contributed by atoms with Gasteiger partial charge in [0.05, 0.1) is 19.9 Å². The highest BCUT2D eigenvalue weighted by atomic mass is 16.5. The zero-order chi connectivity index (χ0) is 15.9. The largest absolute Gasteiger partial charge is 0.497 e. The molecule has 22 heavy (non-hydrogen) atoms. The predicted octanol–water partition coefficient (Wildman–Crippen LogP) is 3.45. The van der Waals surface area contributed by atoms with Crippen LogP contribution in [-0.2, 0) is 0 Å². The maximum Gasteiger partial charge on any atom is 0.258 e. The molecule has 3 rings (SSSR count). The Morgan fingerprint density at radius 3 is 2.27 bits per heavy atom. The Labute approximate surface area is 130 Å². The van der Waals surface area contributed by atoms with Crippen LogP contribution in [0.5, 0.6) is 11.5 Å². The molecule has 1 aliphatic rings. The van der Waals surface area contributed by atoms with E-state index in [1.165, 1.54) is 0 Å². The molecule has 4 heteroatoms. The van der Waals surface area contributed by atoms with Crippen LogP contribution in [0.1, 0.15) is 34.3 Å². The Morgan fingerprint density at radius 2 is 1.59 bits per heavy atom. The molecule has 0 saturated heterocycles. The smallest absolute Gasteiger partial charge is 0.258 e. The summed E-state index contributed by atoms with van der Waals surface area (Å²) in [6, 6.07) is 11.5. The van der Waals surface area contributed by atoms with Gasteiger partial charge in [-0.3, -0.25) is 4.79 Å². The molecule has 0 aromatic heterocycles. The molecule has 2 aromatic rings. The molecule has 0 saturated carbocycles. The molecule has 1 heterocycles. The first-order chi connectivity index (χ1) is 10.6. The van der Waals surface area contributed by atoms with Crippen molar-refractivity contribution in [3.63, 3.8) is 0 Å². The normalized spacial score (nSPS) is 16.6. The molecule has 0 fully saturated rings. The summed E-state index contributed by atoms with van der Waals surface area (Å²) in [5.74, 6) is 1.59. The number of ether oxygens (including phenoxy) is 2. The molecule has 0 N–H and O–H groups in total. The van der Waals surface area contributed by atoms with Crippen LogP contribution in [0.4, 0.5) is 5.69 Å². The molecule has 0 radical (unpaired) electrons. The van der Waals surface area contributed by atoms with Crippen LogP contribution >= 0.6 is 0 Å². The Hall–Kier alpha value is -2.49. The van der Waals surface area contributed by atoms with Gasteiger partial charge in [-0.1, -0.05) is 13.0 Å². The Balaban J connectivity index is 2.24. The quantitative estimate of drug-likeness (QED) is 0.852. The van der Waals surface area contributed by atoms with E-state index in [1.54, 1.807) is 26.2 Å². The molecule has 114 valence electrons. The van der Waals surface area contributed by atoms with E-state index in [2.05, 4.69) is 6.92 Å². The molecular weight excluding hydrogens is 278 g/mol.